The number of halogens is 1. The molecule has 1 rings (SSSR count). The van der Waals surface area contributed by atoms with Gasteiger partial charge in [-0.2, -0.15) is 0 Å². The number of aromatic nitrogens is 1. The second kappa shape index (κ2) is 6.21. The topological polar surface area (TPSA) is 77.5 Å². The van der Waals surface area contributed by atoms with Gasteiger partial charge in [-0.15, -0.1) is 0 Å². The number of amides is 1. The lowest BCUT2D eigenvalue weighted by atomic mass is 10.2. The second-order valence-electron chi connectivity index (χ2n) is 4.60. The van der Waals surface area contributed by atoms with Crippen LogP contribution in [0.3, 0.4) is 0 Å². The third kappa shape index (κ3) is 5.04. The molecule has 0 unspecified atom stereocenters. The molecule has 0 aliphatic rings. The highest BCUT2D eigenvalue weighted by Crippen LogP contribution is 2.24. The van der Waals surface area contributed by atoms with Gasteiger partial charge in [-0.25, -0.2) is 14.6 Å². The van der Waals surface area contributed by atoms with E-state index >= 15 is 0 Å². The lowest BCUT2D eigenvalue weighted by Gasteiger charge is -2.18. The van der Waals surface area contributed by atoms with Crippen molar-refractivity contribution in [2.24, 2.45) is 0 Å². The van der Waals surface area contributed by atoms with Crippen LogP contribution in [0.15, 0.2) is 0 Å². The summed E-state index contributed by atoms with van der Waals surface area (Å²) < 4.78 is 9.74. The molecule has 1 aromatic rings. The number of thiazole rings is 1. The van der Waals surface area contributed by atoms with Crippen molar-refractivity contribution in [3.8, 4) is 0 Å². The van der Waals surface area contributed by atoms with Crippen LogP contribution in [-0.2, 0) is 9.47 Å². The molecule has 0 fully saturated rings. The zero-order chi connectivity index (χ0) is 14.6. The minimum atomic E-state index is -0.626. The van der Waals surface area contributed by atoms with Gasteiger partial charge in [-0.05, 0) is 27.7 Å². The number of nitrogens with one attached hydrogen (secondary N) is 1. The number of ether oxygens (including phenoxy) is 2. The van der Waals surface area contributed by atoms with Gasteiger partial charge in [0.1, 0.15) is 10.5 Å². The molecule has 1 amide bonds. The largest absolute Gasteiger partial charge is 0.445 e. The molecule has 19 heavy (non-hydrogen) atoms. The number of aryl methyl sites for hydroxylation is 1. The number of hydrogen-bond donors (Lipinski definition) is 1. The minimum Gasteiger partial charge on any atom is -0.445 e. The number of alkyl halides is 1. The summed E-state index contributed by atoms with van der Waals surface area (Å²) in [5.41, 5.74) is -0.136. The van der Waals surface area contributed by atoms with Gasteiger partial charge in [-0.1, -0.05) is 22.9 Å². The molecule has 8 heteroatoms. The first-order valence-corrected chi connectivity index (χ1v) is 6.78. The maximum absolute atomic E-state index is 11.5. The van der Waals surface area contributed by atoms with Crippen LogP contribution in [0.5, 0.6) is 0 Å². The van der Waals surface area contributed by atoms with Gasteiger partial charge in [-0.3, -0.25) is 5.32 Å². The lowest BCUT2D eigenvalue weighted by molar-refractivity contribution is 0.0577. The molecule has 0 aliphatic carbocycles. The summed E-state index contributed by atoms with van der Waals surface area (Å²) >= 11 is 6.32. The molecule has 1 N–H and O–H groups in total. The van der Waals surface area contributed by atoms with Gasteiger partial charge < -0.3 is 9.47 Å². The fourth-order valence-corrected chi connectivity index (χ4v) is 2.09. The zero-order valence-corrected chi connectivity index (χ0v) is 12.6. The molecule has 0 aliphatic heterocycles. The number of hydrogen-bond acceptors (Lipinski definition) is 6. The molecule has 1 heterocycles. The van der Waals surface area contributed by atoms with Gasteiger partial charge in [0.05, 0.1) is 5.69 Å². The summed E-state index contributed by atoms with van der Waals surface area (Å²) in [5.74, 6) is -0.567. The molecule has 0 saturated carbocycles. The fourth-order valence-electron chi connectivity index (χ4n) is 1.15. The summed E-state index contributed by atoms with van der Waals surface area (Å²) in [7, 11) is 0. The van der Waals surface area contributed by atoms with E-state index in [-0.39, 0.29) is 11.2 Å². The van der Waals surface area contributed by atoms with Crippen molar-refractivity contribution >= 4 is 40.1 Å². The van der Waals surface area contributed by atoms with Crippen LogP contribution in [-0.4, -0.2) is 28.7 Å². The third-order valence-corrected chi connectivity index (χ3v) is 2.94. The summed E-state index contributed by atoms with van der Waals surface area (Å²) in [4.78, 5) is 27.4. The highest BCUT2D eigenvalue weighted by molar-refractivity contribution is 7.17. The number of anilines is 1. The Morgan fingerprint density at radius 3 is 2.58 bits per heavy atom. The van der Waals surface area contributed by atoms with Crippen molar-refractivity contribution in [3.05, 3.63) is 10.6 Å². The van der Waals surface area contributed by atoms with Crippen LogP contribution in [0.2, 0.25) is 0 Å². The second-order valence-corrected chi connectivity index (χ2v) is 5.82. The summed E-state index contributed by atoms with van der Waals surface area (Å²) in [6.07, 6.45) is -0.626. The first kappa shape index (κ1) is 15.7. The molecule has 0 bridgehead atoms. The van der Waals surface area contributed by atoms with Gasteiger partial charge in [0.25, 0.3) is 0 Å². The highest BCUT2D eigenvalue weighted by atomic mass is 35.5. The Bertz CT molecular complexity index is 482. The summed E-state index contributed by atoms with van der Waals surface area (Å²) in [6, 6.07) is -0.231. The van der Waals surface area contributed by atoms with E-state index < -0.39 is 17.7 Å². The maximum Gasteiger partial charge on any atom is 0.413 e. The standard InChI is InChI=1S/C11H15ClN2O4S/c1-6-7(8(15)17-5-12)19-9(13-6)14-10(16)18-11(2,3)4/h5H2,1-4H3,(H,13,14,16). The molecule has 0 aromatic carbocycles. The smallest absolute Gasteiger partial charge is 0.413 e. The van der Waals surface area contributed by atoms with Crippen LogP contribution in [0.25, 0.3) is 0 Å². The Hall–Kier alpha value is -1.34. The summed E-state index contributed by atoms with van der Waals surface area (Å²) in [5, 5.41) is 2.73. The monoisotopic (exact) mass is 306 g/mol. The van der Waals surface area contributed by atoms with Gasteiger partial charge in [0, 0.05) is 0 Å². The van der Waals surface area contributed by atoms with Gasteiger partial charge >= 0.3 is 12.1 Å². The molecule has 0 spiro atoms. The molecule has 0 radical (unpaired) electrons. The van der Waals surface area contributed by atoms with Crippen LogP contribution in [0.4, 0.5) is 9.93 Å². The van der Waals surface area contributed by atoms with E-state index in [1.54, 1.807) is 27.7 Å². The van der Waals surface area contributed by atoms with E-state index in [4.69, 9.17) is 16.3 Å². The number of carbonyl (C=O) groups is 2. The Kier molecular flexibility index (Phi) is 5.13. The first-order chi connectivity index (χ1) is 8.73. The molecular formula is C11H15ClN2O4S. The molecule has 106 valence electrons. The van der Waals surface area contributed by atoms with Crippen LogP contribution >= 0.6 is 22.9 Å². The van der Waals surface area contributed by atoms with Crippen molar-refractivity contribution in [2.75, 3.05) is 11.4 Å². The number of nitrogens with zero attached hydrogens (tertiary/aromatic N) is 1. The van der Waals surface area contributed by atoms with E-state index in [9.17, 15) is 9.59 Å². The van der Waals surface area contributed by atoms with Crippen molar-refractivity contribution < 1.29 is 19.1 Å². The van der Waals surface area contributed by atoms with Crippen LogP contribution in [0.1, 0.15) is 36.1 Å². The molecular weight excluding hydrogens is 292 g/mol. The first-order valence-electron chi connectivity index (χ1n) is 5.43. The number of carbonyl (C=O) groups excluding carboxylic acids is 2. The van der Waals surface area contributed by atoms with Crippen molar-refractivity contribution in [3.63, 3.8) is 0 Å². The van der Waals surface area contributed by atoms with Crippen molar-refractivity contribution in [1.29, 1.82) is 0 Å². The molecule has 1 aromatic heterocycles. The molecule has 6 nitrogen and oxygen atoms in total. The fraction of sp³-hybridized carbons (Fsp3) is 0.545. The van der Waals surface area contributed by atoms with Gasteiger partial charge in [0.15, 0.2) is 11.2 Å². The van der Waals surface area contributed by atoms with E-state index in [1.807, 2.05) is 0 Å². The average molecular weight is 307 g/mol. The van der Waals surface area contributed by atoms with Gasteiger partial charge in [0.2, 0.25) is 0 Å². The average Bonchev–Trinajstić information content (AvgIpc) is 2.56. The highest BCUT2D eigenvalue weighted by Gasteiger charge is 2.20. The van der Waals surface area contributed by atoms with Crippen LogP contribution < -0.4 is 5.32 Å². The van der Waals surface area contributed by atoms with Crippen molar-refractivity contribution in [2.45, 2.75) is 33.3 Å². The van der Waals surface area contributed by atoms with E-state index in [2.05, 4.69) is 15.0 Å². The van der Waals surface area contributed by atoms with E-state index in [1.165, 1.54) is 0 Å². The number of esters is 1. The lowest BCUT2D eigenvalue weighted by Crippen LogP contribution is -2.27. The predicted molar refractivity (Wildman–Crippen MR) is 72.8 cm³/mol. The Morgan fingerprint density at radius 1 is 1.42 bits per heavy atom. The summed E-state index contributed by atoms with van der Waals surface area (Å²) in [6.45, 7) is 6.90. The molecule has 0 atom stereocenters. The zero-order valence-electron chi connectivity index (χ0n) is 11.1. The Morgan fingerprint density at radius 2 is 2.05 bits per heavy atom. The predicted octanol–water partition coefficient (Wildman–Crippen LogP) is 3.15. The minimum absolute atomic E-state index is 0.231. The Labute approximate surface area is 120 Å². The molecule has 0 saturated heterocycles. The maximum atomic E-state index is 11.5. The van der Waals surface area contributed by atoms with E-state index in [0.717, 1.165) is 11.3 Å². The van der Waals surface area contributed by atoms with Crippen molar-refractivity contribution in [1.82, 2.24) is 4.98 Å². The third-order valence-electron chi connectivity index (χ3n) is 1.78. The SMILES string of the molecule is Cc1nc(NC(=O)OC(C)(C)C)sc1C(=O)OCCl. The number of rotatable bonds is 3. The van der Waals surface area contributed by atoms with Crippen LogP contribution in [0, 0.1) is 6.92 Å². The van der Waals surface area contributed by atoms with E-state index in [0.29, 0.717) is 10.6 Å². The normalized spacial score (nSPS) is 11.0. The Balaban J connectivity index is 2.74. The quantitative estimate of drug-likeness (QED) is 0.685.